The highest BCUT2D eigenvalue weighted by Crippen LogP contribution is 2.25. The molecular weight excluding hydrogens is 316 g/mol. The van der Waals surface area contributed by atoms with Crippen LogP contribution in [0.15, 0.2) is 48.5 Å². The molecule has 0 unspecified atom stereocenters. The van der Waals surface area contributed by atoms with Crippen LogP contribution >= 0.6 is 11.6 Å². The second kappa shape index (κ2) is 5.85. The third-order valence-electron chi connectivity index (χ3n) is 3.70. The number of benzene rings is 2. The van der Waals surface area contributed by atoms with Gasteiger partial charge in [0.05, 0.1) is 11.1 Å². The van der Waals surface area contributed by atoms with E-state index in [9.17, 15) is 14.4 Å². The average Bonchev–Trinajstić information content (AvgIpc) is 2.81. The Hall–Kier alpha value is -2.66. The first-order valence-electron chi connectivity index (χ1n) is 7.02. The van der Waals surface area contributed by atoms with E-state index in [0.717, 1.165) is 4.90 Å². The summed E-state index contributed by atoms with van der Waals surface area (Å²) >= 11 is 5.79. The van der Waals surface area contributed by atoms with Gasteiger partial charge >= 0.3 is 0 Å². The monoisotopic (exact) mass is 328 g/mol. The maximum Gasteiger partial charge on any atom is 0.262 e. The van der Waals surface area contributed by atoms with Crippen molar-refractivity contribution in [2.24, 2.45) is 0 Å². The van der Waals surface area contributed by atoms with Crippen molar-refractivity contribution < 1.29 is 14.4 Å². The van der Waals surface area contributed by atoms with E-state index in [-0.39, 0.29) is 0 Å². The van der Waals surface area contributed by atoms with Crippen molar-refractivity contribution >= 4 is 35.0 Å². The van der Waals surface area contributed by atoms with E-state index in [2.05, 4.69) is 5.32 Å². The number of halogens is 1. The summed E-state index contributed by atoms with van der Waals surface area (Å²) in [7, 11) is 0. The lowest BCUT2D eigenvalue weighted by molar-refractivity contribution is -0.119. The lowest BCUT2D eigenvalue weighted by Crippen LogP contribution is -2.45. The van der Waals surface area contributed by atoms with Gasteiger partial charge < -0.3 is 5.32 Å². The number of nitrogens with one attached hydrogen (secondary N) is 1. The van der Waals surface area contributed by atoms with Gasteiger partial charge in [-0.15, -0.1) is 0 Å². The topological polar surface area (TPSA) is 66.5 Å². The molecule has 2 aromatic carbocycles. The van der Waals surface area contributed by atoms with Crippen LogP contribution in [-0.2, 0) is 4.79 Å². The summed E-state index contributed by atoms with van der Waals surface area (Å²) in [6.07, 6.45) is 0. The van der Waals surface area contributed by atoms with Crippen LogP contribution < -0.4 is 5.32 Å². The van der Waals surface area contributed by atoms with Crippen LogP contribution in [0.25, 0.3) is 0 Å². The molecule has 2 aromatic rings. The number of rotatable bonds is 3. The molecule has 6 heteroatoms. The van der Waals surface area contributed by atoms with Crippen molar-refractivity contribution in [1.29, 1.82) is 0 Å². The number of amides is 3. The highest BCUT2D eigenvalue weighted by Gasteiger charge is 2.40. The second-order valence-electron chi connectivity index (χ2n) is 5.20. The van der Waals surface area contributed by atoms with Crippen LogP contribution in [0, 0.1) is 0 Å². The number of carbonyl (C=O) groups excluding carboxylic acids is 3. The average molecular weight is 329 g/mol. The molecule has 1 N–H and O–H groups in total. The molecule has 116 valence electrons. The van der Waals surface area contributed by atoms with Crippen molar-refractivity contribution in [3.8, 4) is 0 Å². The lowest BCUT2D eigenvalue weighted by atomic mass is 10.1. The molecule has 0 saturated heterocycles. The van der Waals surface area contributed by atoms with Crippen LogP contribution in [0.2, 0.25) is 5.02 Å². The maximum atomic E-state index is 12.4. The predicted molar refractivity (Wildman–Crippen MR) is 86.5 cm³/mol. The summed E-state index contributed by atoms with van der Waals surface area (Å²) in [6.45, 7) is 1.52. The summed E-state index contributed by atoms with van der Waals surface area (Å²) in [5.74, 6) is -1.35. The molecule has 0 aromatic heterocycles. The van der Waals surface area contributed by atoms with E-state index in [0.29, 0.717) is 21.8 Å². The molecule has 1 aliphatic heterocycles. The van der Waals surface area contributed by atoms with Crippen LogP contribution in [0.3, 0.4) is 0 Å². The second-order valence-corrected chi connectivity index (χ2v) is 5.63. The van der Waals surface area contributed by atoms with Crippen molar-refractivity contribution in [3.63, 3.8) is 0 Å². The minimum atomic E-state index is -0.918. The van der Waals surface area contributed by atoms with Gasteiger partial charge in [-0.05, 0) is 43.3 Å². The highest BCUT2D eigenvalue weighted by atomic mass is 35.5. The largest absolute Gasteiger partial charge is 0.324 e. The van der Waals surface area contributed by atoms with E-state index in [1.807, 2.05) is 0 Å². The van der Waals surface area contributed by atoms with Crippen LogP contribution in [0.4, 0.5) is 5.69 Å². The number of nitrogens with zero attached hydrogens (tertiary/aromatic N) is 1. The third kappa shape index (κ3) is 2.71. The third-order valence-corrected chi connectivity index (χ3v) is 3.96. The summed E-state index contributed by atoms with van der Waals surface area (Å²) < 4.78 is 0. The molecule has 0 fully saturated rings. The van der Waals surface area contributed by atoms with Crippen LogP contribution in [-0.4, -0.2) is 28.7 Å². The van der Waals surface area contributed by atoms with Crippen molar-refractivity contribution in [3.05, 3.63) is 64.7 Å². The summed E-state index contributed by atoms with van der Waals surface area (Å²) in [5, 5.41) is 3.22. The summed E-state index contributed by atoms with van der Waals surface area (Å²) in [4.78, 5) is 38.0. The molecule has 0 aliphatic carbocycles. The summed E-state index contributed by atoms with van der Waals surface area (Å²) in [6, 6.07) is 12.2. The Balaban J connectivity index is 1.79. The van der Waals surface area contributed by atoms with Crippen LogP contribution in [0.5, 0.6) is 0 Å². The number of imide groups is 1. The normalized spacial score (nSPS) is 14.6. The predicted octanol–water partition coefficient (Wildman–Crippen LogP) is 2.96. The van der Waals surface area contributed by atoms with E-state index in [1.165, 1.54) is 6.92 Å². The van der Waals surface area contributed by atoms with Gasteiger partial charge in [-0.1, -0.05) is 23.7 Å². The molecule has 1 heterocycles. The minimum absolute atomic E-state index is 0.323. The lowest BCUT2D eigenvalue weighted by Gasteiger charge is -2.21. The molecule has 0 saturated carbocycles. The van der Waals surface area contributed by atoms with Gasteiger partial charge in [0.1, 0.15) is 6.04 Å². The SMILES string of the molecule is C[C@@H](C(=O)Nc1ccc(Cl)cc1)N1C(=O)c2ccccc2C1=O. The van der Waals surface area contributed by atoms with Gasteiger partial charge in [-0.2, -0.15) is 0 Å². The van der Waals surface area contributed by atoms with Crippen molar-refractivity contribution in [1.82, 2.24) is 4.90 Å². The molecule has 1 atom stereocenters. The van der Waals surface area contributed by atoms with Gasteiger partial charge in [0.25, 0.3) is 11.8 Å². The number of hydrogen-bond acceptors (Lipinski definition) is 3. The smallest absolute Gasteiger partial charge is 0.262 e. The Bertz CT molecular complexity index is 767. The van der Waals surface area contributed by atoms with Crippen molar-refractivity contribution in [2.75, 3.05) is 5.32 Å². The Labute approximate surface area is 137 Å². The zero-order valence-electron chi connectivity index (χ0n) is 12.2. The summed E-state index contributed by atoms with van der Waals surface area (Å²) in [5.41, 5.74) is 1.19. The number of fused-ring (bicyclic) bond motifs is 1. The first kappa shape index (κ1) is 15.2. The first-order valence-corrected chi connectivity index (χ1v) is 7.40. The fourth-order valence-electron chi connectivity index (χ4n) is 2.46. The quantitative estimate of drug-likeness (QED) is 0.881. The minimum Gasteiger partial charge on any atom is -0.324 e. The van der Waals surface area contributed by atoms with E-state index < -0.39 is 23.8 Å². The van der Waals surface area contributed by atoms with E-state index in [4.69, 9.17) is 11.6 Å². The Morgan fingerprint density at radius 3 is 2.04 bits per heavy atom. The Kier molecular flexibility index (Phi) is 3.88. The molecule has 5 nitrogen and oxygen atoms in total. The zero-order valence-corrected chi connectivity index (χ0v) is 13.0. The Morgan fingerprint density at radius 1 is 1.00 bits per heavy atom. The first-order chi connectivity index (χ1) is 11.0. The van der Waals surface area contributed by atoms with E-state index in [1.54, 1.807) is 48.5 Å². The van der Waals surface area contributed by atoms with Crippen molar-refractivity contribution in [2.45, 2.75) is 13.0 Å². The molecule has 0 spiro atoms. The van der Waals surface area contributed by atoms with E-state index >= 15 is 0 Å². The van der Waals surface area contributed by atoms with Crippen LogP contribution in [0.1, 0.15) is 27.6 Å². The van der Waals surface area contributed by atoms with Gasteiger partial charge in [0.15, 0.2) is 0 Å². The number of anilines is 1. The molecule has 0 bridgehead atoms. The fraction of sp³-hybridized carbons (Fsp3) is 0.118. The zero-order chi connectivity index (χ0) is 16.6. The number of hydrogen-bond donors (Lipinski definition) is 1. The molecule has 0 radical (unpaired) electrons. The fourth-order valence-corrected chi connectivity index (χ4v) is 2.58. The standard InChI is InChI=1S/C17H13ClN2O3/c1-10(15(21)19-12-8-6-11(18)7-9-12)20-16(22)13-4-2-3-5-14(13)17(20)23/h2-10H,1H3,(H,19,21)/t10-/m0/s1. The van der Waals surface area contributed by atoms with Gasteiger partial charge in [-0.25, -0.2) is 0 Å². The highest BCUT2D eigenvalue weighted by molar-refractivity contribution is 6.30. The number of carbonyl (C=O) groups is 3. The van der Waals surface area contributed by atoms with Gasteiger partial charge in [-0.3, -0.25) is 19.3 Å². The maximum absolute atomic E-state index is 12.4. The van der Waals surface area contributed by atoms with Gasteiger partial charge in [0, 0.05) is 10.7 Å². The Morgan fingerprint density at radius 2 is 1.52 bits per heavy atom. The van der Waals surface area contributed by atoms with Gasteiger partial charge in [0.2, 0.25) is 5.91 Å². The molecule has 3 rings (SSSR count). The molecule has 1 aliphatic rings. The molecule has 23 heavy (non-hydrogen) atoms. The molecular formula is C17H13ClN2O3. The molecule has 3 amide bonds.